The molecule has 3 rings (SSSR count). The number of nitrogens with zero attached hydrogens (tertiary/aromatic N) is 2. The maximum absolute atomic E-state index is 5.87. The van der Waals surface area contributed by atoms with Crippen LogP contribution in [0.1, 0.15) is 30.2 Å². The molecule has 3 heterocycles. The zero-order valence-corrected chi connectivity index (χ0v) is 16.1. The van der Waals surface area contributed by atoms with Gasteiger partial charge in [0.2, 0.25) is 5.88 Å². The van der Waals surface area contributed by atoms with Crippen molar-refractivity contribution in [3.63, 3.8) is 0 Å². The maximum Gasteiger partial charge on any atom is 0.212 e. The van der Waals surface area contributed by atoms with Crippen LogP contribution in [0.5, 0.6) is 5.88 Å². The van der Waals surface area contributed by atoms with E-state index >= 15 is 0 Å². The molecule has 0 aromatic carbocycles. The molecule has 2 aromatic rings. The van der Waals surface area contributed by atoms with Gasteiger partial charge in [-0.1, -0.05) is 12.1 Å². The van der Waals surface area contributed by atoms with E-state index in [1.54, 1.807) is 7.11 Å². The lowest BCUT2D eigenvalue weighted by Crippen LogP contribution is -2.32. The Labute approximate surface area is 154 Å². The highest BCUT2D eigenvalue weighted by Crippen LogP contribution is 2.37. The van der Waals surface area contributed by atoms with Gasteiger partial charge in [-0.2, -0.15) is 0 Å². The van der Waals surface area contributed by atoms with Crippen LogP contribution < -0.4 is 4.74 Å². The third-order valence-electron chi connectivity index (χ3n) is 5.02. The number of aryl methyl sites for hydroxylation is 1. The van der Waals surface area contributed by atoms with Gasteiger partial charge in [-0.05, 0) is 49.7 Å². The number of thiophene rings is 1. The van der Waals surface area contributed by atoms with Gasteiger partial charge in [0.25, 0.3) is 0 Å². The van der Waals surface area contributed by atoms with E-state index in [9.17, 15) is 0 Å². The molecule has 4 nitrogen and oxygen atoms in total. The molecule has 5 heteroatoms. The Morgan fingerprint density at radius 2 is 2.24 bits per heavy atom. The number of hydrogen-bond acceptors (Lipinski definition) is 5. The fourth-order valence-electron chi connectivity index (χ4n) is 3.60. The molecule has 25 heavy (non-hydrogen) atoms. The van der Waals surface area contributed by atoms with Crippen molar-refractivity contribution in [2.45, 2.75) is 32.7 Å². The van der Waals surface area contributed by atoms with E-state index in [1.807, 2.05) is 23.6 Å². The SMILES string of the molecule is CCOC[C@]1(CCc2cccs2)CCN(Cc2ccc(OC)nc2)C1. The van der Waals surface area contributed by atoms with Crippen LogP contribution in [0.25, 0.3) is 0 Å². The lowest BCUT2D eigenvalue weighted by molar-refractivity contribution is 0.0490. The summed E-state index contributed by atoms with van der Waals surface area (Å²) in [6, 6.07) is 8.44. The van der Waals surface area contributed by atoms with E-state index in [0.717, 1.165) is 39.3 Å². The van der Waals surface area contributed by atoms with Crippen molar-refractivity contribution < 1.29 is 9.47 Å². The molecule has 0 amide bonds. The second-order valence-corrected chi connectivity index (χ2v) is 7.92. The third kappa shape index (κ3) is 5.03. The molecule has 0 unspecified atom stereocenters. The van der Waals surface area contributed by atoms with Crippen LogP contribution in [0.3, 0.4) is 0 Å². The smallest absolute Gasteiger partial charge is 0.212 e. The van der Waals surface area contributed by atoms with E-state index in [0.29, 0.717) is 5.88 Å². The number of likely N-dealkylation sites (tertiary alicyclic amines) is 1. The van der Waals surface area contributed by atoms with Gasteiger partial charge in [-0.25, -0.2) is 4.98 Å². The fraction of sp³-hybridized carbons (Fsp3) is 0.550. The summed E-state index contributed by atoms with van der Waals surface area (Å²) in [5.74, 6) is 0.673. The Morgan fingerprint density at radius 1 is 1.32 bits per heavy atom. The highest BCUT2D eigenvalue weighted by Gasteiger charge is 2.38. The van der Waals surface area contributed by atoms with Gasteiger partial charge in [0, 0.05) is 42.3 Å². The molecule has 136 valence electrons. The molecule has 1 aliphatic rings. The molecule has 0 spiro atoms. The highest BCUT2D eigenvalue weighted by atomic mass is 32.1. The van der Waals surface area contributed by atoms with Gasteiger partial charge in [0.15, 0.2) is 0 Å². The van der Waals surface area contributed by atoms with E-state index < -0.39 is 0 Å². The predicted octanol–water partition coefficient (Wildman–Crippen LogP) is 4.01. The zero-order chi connectivity index (χ0) is 17.5. The predicted molar refractivity (Wildman–Crippen MR) is 102 cm³/mol. The van der Waals surface area contributed by atoms with E-state index in [4.69, 9.17) is 9.47 Å². The van der Waals surface area contributed by atoms with Gasteiger partial charge >= 0.3 is 0 Å². The number of hydrogen-bond donors (Lipinski definition) is 0. The van der Waals surface area contributed by atoms with E-state index in [1.165, 1.54) is 23.3 Å². The van der Waals surface area contributed by atoms with Crippen LogP contribution in [0, 0.1) is 5.41 Å². The molecule has 0 aliphatic carbocycles. The van der Waals surface area contributed by atoms with Crippen LogP contribution in [0.2, 0.25) is 0 Å². The lowest BCUT2D eigenvalue weighted by Gasteiger charge is -2.29. The van der Waals surface area contributed by atoms with Crippen LogP contribution in [-0.4, -0.2) is 43.3 Å². The number of ether oxygens (including phenoxy) is 2. The van der Waals surface area contributed by atoms with Crippen molar-refractivity contribution in [2.75, 3.05) is 33.4 Å². The number of methoxy groups -OCH3 is 1. The van der Waals surface area contributed by atoms with Crippen molar-refractivity contribution in [1.29, 1.82) is 0 Å². The van der Waals surface area contributed by atoms with Crippen molar-refractivity contribution in [3.8, 4) is 5.88 Å². The minimum absolute atomic E-state index is 0.278. The Hall–Kier alpha value is -1.43. The maximum atomic E-state index is 5.87. The fourth-order valence-corrected chi connectivity index (χ4v) is 4.31. The largest absolute Gasteiger partial charge is 0.481 e. The average Bonchev–Trinajstić information content (AvgIpc) is 3.30. The Morgan fingerprint density at radius 3 is 2.92 bits per heavy atom. The minimum Gasteiger partial charge on any atom is -0.481 e. The van der Waals surface area contributed by atoms with Crippen LogP contribution in [0.4, 0.5) is 0 Å². The normalized spacial score (nSPS) is 20.9. The second kappa shape index (κ2) is 8.79. The standard InChI is InChI=1S/C20H28N2O2S/c1-3-24-16-20(9-8-18-5-4-12-25-18)10-11-22(15-20)14-17-6-7-19(23-2)21-13-17/h4-7,12-13H,3,8-11,14-16H2,1-2H3/t20-/m1/s1. The highest BCUT2D eigenvalue weighted by molar-refractivity contribution is 7.09. The first-order chi connectivity index (χ1) is 12.2. The molecule has 1 fully saturated rings. The van der Waals surface area contributed by atoms with E-state index in [2.05, 4.69) is 40.4 Å². The van der Waals surface area contributed by atoms with Crippen LogP contribution in [0.15, 0.2) is 35.8 Å². The summed E-state index contributed by atoms with van der Waals surface area (Å²) in [4.78, 5) is 8.34. The molecule has 0 saturated carbocycles. The molecular weight excluding hydrogens is 332 g/mol. The topological polar surface area (TPSA) is 34.6 Å². The molecular formula is C20H28N2O2S. The third-order valence-corrected chi connectivity index (χ3v) is 5.96. The summed E-state index contributed by atoms with van der Waals surface area (Å²) < 4.78 is 11.0. The van der Waals surface area contributed by atoms with Crippen molar-refractivity contribution >= 4 is 11.3 Å². The average molecular weight is 361 g/mol. The monoisotopic (exact) mass is 360 g/mol. The lowest BCUT2D eigenvalue weighted by atomic mass is 9.83. The molecule has 1 saturated heterocycles. The molecule has 1 atom stereocenters. The van der Waals surface area contributed by atoms with Crippen LogP contribution >= 0.6 is 11.3 Å². The Bertz CT molecular complexity index is 630. The van der Waals surface area contributed by atoms with Gasteiger partial charge in [0.1, 0.15) is 0 Å². The molecule has 2 aromatic heterocycles. The van der Waals surface area contributed by atoms with Gasteiger partial charge in [-0.15, -0.1) is 11.3 Å². The number of pyridine rings is 1. The first kappa shape index (κ1) is 18.4. The Kier molecular flexibility index (Phi) is 6.45. The summed E-state index contributed by atoms with van der Waals surface area (Å²) in [6.45, 7) is 6.93. The second-order valence-electron chi connectivity index (χ2n) is 6.89. The summed E-state index contributed by atoms with van der Waals surface area (Å²) in [6.07, 6.45) is 5.49. The summed E-state index contributed by atoms with van der Waals surface area (Å²) >= 11 is 1.86. The first-order valence-corrected chi connectivity index (χ1v) is 9.92. The molecule has 1 aliphatic heterocycles. The molecule has 0 bridgehead atoms. The summed E-state index contributed by atoms with van der Waals surface area (Å²) in [5.41, 5.74) is 1.52. The van der Waals surface area contributed by atoms with Crippen molar-refractivity contribution in [3.05, 3.63) is 46.3 Å². The quantitative estimate of drug-likeness (QED) is 0.677. The zero-order valence-electron chi connectivity index (χ0n) is 15.2. The number of aromatic nitrogens is 1. The van der Waals surface area contributed by atoms with Gasteiger partial charge in [0.05, 0.1) is 13.7 Å². The van der Waals surface area contributed by atoms with Gasteiger partial charge < -0.3 is 9.47 Å². The molecule has 0 N–H and O–H groups in total. The number of rotatable bonds is 9. The van der Waals surface area contributed by atoms with E-state index in [-0.39, 0.29) is 5.41 Å². The minimum atomic E-state index is 0.278. The van der Waals surface area contributed by atoms with Crippen molar-refractivity contribution in [1.82, 2.24) is 9.88 Å². The summed E-state index contributed by atoms with van der Waals surface area (Å²) in [5, 5.41) is 2.17. The Balaban J connectivity index is 1.59. The summed E-state index contributed by atoms with van der Waals surface area (Å²) in [7, 11) is 1.65. The van der Waals surface area contributed by atoms with Gasteiger partial charge in [-0.3, -0.25) is 4.90 Å². The van der Waals surface area contributed by atoms with Crippen molar-refractivity contribution in [2.24, 2.45) is 5.41 Å². The molecule has 0 radical (unpaired) electrons. The van der Waals surface area contributed by atoms with Crippen LogP contribution in [-0.2, 0) is 17.7 Å². The first-order valence-electron chi connectivity index (χ1n) is 9.04.